The monoisotopic (exact) mass is 447 g/mol. The maximum atomic E-state index is 12.5. The average Bonchev–Trinajstić information content (AvgIpc) is 2.78. The van der Waals surface area contributed by atoms with E-state index in [2.05, 4.69) is 10.6 Å². The number of hydrogen-bond acceptors (Lipinski definition) is 5. The van der Waals surface area contributed by atoms with Crippen LogP contribution in [0.1, 0.15) is 42.7 Å². The molecule has 8 nitrogen and oxygen atoms in total. The predicted octanol–water partition coefficient (Wildman–Crippen LogP) is 2.33. The minimum absolute atomic E-state index is 0.121. The molecule has 31 heavy (non-hydrogen) atoms. The summed E-state index contributed by atoms with van der Waals surface area (Å²) in [5.41, 5.74) is 1.10. The Bertz CT molecular complexity index is 1000. The highest BCUT2D eigenvalue weighted by atomic mass is 32.2. The van der Waals surface area contributed by atoms with Gasteiger partial charge in [0.2, 0.25) is 15.9 Å². The van der Waals surface area contributed by atoms with Gasteiger partial charge in [-0.05, 0) is 37.3 Å². The quantitative estimate of drug-likeness (QED) is 0.582. The number of amides is 2. The first-order chi connectivity index (χ1) is 14.7. The number of nitrogens with zero attached hydrogens (tertiary/aromatic N) is 1. The van der Waals surface area contributed by atoms with Crippen molar-refractivity contribution in [2.45, 2.75) is 31.7 Å². The predicted molar refractivity (Wildman–Crippen MR) is 118 cm³/mol. The summed E-state index contributed by atoms with van der Waals surface area (Å²) >= 11 is 0. The van der Waals surface area contributed by atoms with Gasteiger partial charge in [0, 0.05) is 24.2 Å². The zero-order valence-electron chi connectivity index (χ0n) is 18.2. The van der Waals surface area contributed by atoms with Crippen LogP contribution >= 0.6 is 0 Å². The number of hydrogen-bond donors (Lipinski definition) is 2. The van der Waals surface area contributed by atoms with E-state index in [1.165, 1.54) is 28.6 Å². The third-order valence-electron chi connectivity index (χ3n) is 4.85. The molecule has 2 aromatic rings. The molecule has 0 spiro atoms. The first kappa shape index (κ1) is 24.4. The molecule has 0 unspecified atom stereocenters. The number of carbonyl (C=O) groups is 2. The van der Waals surface area contributed by atoms with E-state index < -0.39 is 15.9 Å². The number of para-hydroxylation sites is 1. The van der Waals surface area contributed by atoms with Gasteiger partial charge in [-0.25, -0.2) is 8.42 Å². The van der Waals surface area contributed by atoms with Gasteiger partial charge >= 0.3 is 0 Å². The highest BCUT2D eigenvalue weighted by molar-refractivity contribution is 7.89. The van der Waals surface area contributed by atoms with E-state index in [9.17, 15) is 18.0 Å². The summed E-state index contributed by atoms with van der Waals surface area (Å²) in [6.07, 6.45) is 0. The van der Waals surface area contributed by atoms with Gasteiger partial charge in [-0.2, -0.15) is 4.31 Å². The number of rotatable bonds is 10. The molecule has 0 aliphatic rings. The number of nitrogens with one attached hydrogen (secondary N) is 2. The maximum Gasteiger partial charge on any atom is 0.251 e. The van der Waals surface area contributed by atoms with E-state index in [1.807, 2.05) is 31.2 Å². The van der Waals surface area contributed by atoms with Gasteiger partial charge in [-0.3, -0.25) is 9.59 Å². The summed E-state index contributed by atoms with van der Waals surface area (Å²) in [5, 5.41) is 5.36. The number of benzene rings is 2. The van der Waals surface area contributed by atoms with Crippen molar-refractivity contribution in [3.8, 4) is 5.75 Å². The molecule has 2 aromatic carbocycles. The van der Waals surface area contributed by atoms with Gasteiger partial charge in [-0.15, -0.1) is 0 Å². The summed E-state index contributed by atoms with van der Waals surface area (Å²) in [5.74, 6) is -0.154. The fourth-order valence-corrected chi connectivity index (χ4v) is 4.61. The molecule has 0 radical (unpaired) electrons. The second-order valence-corrected chi connectivity index (χ2v) is 8.77. The molecule has 168 valence electrons. The summed E-state index contributed by atoms with van der Waals surface area (Å²) < 4.78 is 31.7. The first-order valence-electron chi connectivity index (χ1n) is 10.0. The topological polar surface area (TPSA) is 105 Å². The summed E-state index contributed by atoms with van der Waals surface area (Å²) in [7, 11) is -2.03. The molecule has 0 bridgehead atoms. The molecule has 0 aromatic heterocycles. The highest BCUT2D eigenvalue weighted by Crippen LogP contribution is 2.24. The molecular formula is C22H29N3O5S. The van der Waals surface area contributed by atoms with Crippen LogP contribution in [0.3, 0.4) is 0 Å². The first-order valence-corrected chi connectivity index (χ1v) is 11.5. The normalized spacial score (nSPS) is 12.3. The smallest absolute Gasteiger partial charge is 0.251 e. The maximum absolute atomic E-state index is 12.5. The van der Waals surface area contributed by atoms with E-state index in [0.717, 1.165) is 5.56 Å². The van der Waals surface area contributed by atoms with Gasteiger partial charge in [-0.1, -0.05) is 32.0 Å². The molecule has 2 rings (SSSR count). The second-order valence-electron chi connectivity index (χ2n) is 6.83. The summed E-state index contributed by atoms with van der Waals surface area (Å²) in [6, 6.07) is 12.7. The van der Waals surface area contributed by atoms with Crippen LogP contribution in [0.15, 0.2) is 53.4 Å². The fraction of sp³-hybridized carbons (Fsp3) is 0.364. The van der Waals surface area contributed by atoms with Crippen LogP contribution in [-0.4, -0.2) is 51.3 Å². The molecule has 0 aliphatic carbocycles. The lowest BCUT2D eigenvalue weighted by atomic mass is 10.1. The van der Waals surface area contributed by atoms with Gasteiger partial charge < -0.3 is 15.4 Å². The summed E-state index contributed by atoms with van der Waals surface area (Å²) in [6.45, 7) is 5.88. The van der Waals surface area contributed by atoms with Crippen molar-refractivity contribution in [3.63, 3.8) is 0 Å². The minimum Gasteiger partial charge on any atom is -0.496 e. The number of methoxy groups -OCH3 is 1. The number of carbonyl (C=O) groups excluding carboxylic acids is 2. The molecule has 0 aliphatic heterocycles. The second kappa shape index (κ2) is 10.9. The zero-order chi connectivity index (χ0) is 23.0. The van der Waals surface area contributed by atoms with Crippen LogP contribution in [0, 0.1) is 0 Å². The lowest BCUT2D eigenvalue weighted by Crippen LogP contribution is -2.38. The van der Waals surface area contributed by atoms with Crippen molar-refractivity contribution in [1.29, 1.82) is 0 Å². The molecule has 0 saturated heterocycles. The summed E-state index contributed by atoms with van der Waals surface area (Å²) in [4.78, 5) is 24.7. The molecular weight excluding hydrogens is 418 g/mol. The Morgan fingerprint density at radius 3 is 2.23 bits per heavy atom. The van der Waals surface area contributed by atoms with Crippen LogP contribution in [0.5, 0.6) is 5.75 Å². The Balaban J connectivity index is 1.96. The van der Waals surface area contributed by atoms with E-state index >= 15 is 0 Å². The van der Waals surface area contributed by atoms with Crippen LogP contribution in [0.2, 0.25) is 0 Å². The molecule has 2 amide bonds. The Kier molecular flexibility index (Phi) is 8.58. The lowest BCUT2D eigenvalue weighted by molar-refractivity contribution is -0.120. The van der Waals surface area contributed by atoms with Crippen LogP contribution in [-0.2, 0) is 14.8 Å². The van der Waals surface area contributed by atoms with E-state index in [4.69, 9.17) is 4.74 Å². The molecule has 9 heteroatoms. The Labute approximate surface area is 183 Å². The highest BCUT2D eigenvalue weighted by Gasteiger charge is 2.22. The third kappa shape index (κ3) is 6.05. The molecule has 2 N–H and O–H groups in total. The van der Waals surface area contributed by atoms with Crippen molar-refractivity contribution in [2.24, 2.45) is 0 Å². The van der Waals surface area contributed by atoms with Crippen molar-refractivity contribution in [2.75, 3.05) is 26.7 Å². The van der Waals surface area contributed by atoms with Gasteiger partial charge in [0.1, 0.15) is 5.75 Å². The van der Waals surface area contributed by atoms with Crippen molar-refractivity contribution < 1.29 is 22.7 Å². The minimum atomic E-state index is -3.59. The molecule has 0 saturated carbocycles. The van der Waals surface area contributed by atoms with Crippen molar-refractivity contribution in [3.05, 3.63) is 59.7 Å². The third-order valence-corrected chi connectivity index (χ3v) is 6.92. The van der Waals surface area contributed by atoms with Crippen molar-refractivity contribution in [1.82, 2.24) is 14.9 Å². The lowest BCUT2D eigenvalue weighted by Gasteiger charge is -2.18. The van der Waals surface area contributed by atoms with Crippen LogP contribution in [0.4, 0.5) is 0 Å². The molecule has 0 heterocycles. The van der Waals surface area contributed by atoms with Gasteiger partial charge in [0.05, 0.1) is 24.6 Å². The number of sulfonamides is 1. The SMILES string of the molecule is CCN(CC)S(=O)(=O)c1ccc(C(=O)NCC(=O)N[C@@H](C)c2ccccc2OC)cc1. The largest absolute Gasteiger partial charge is 0.496 e. The van der Waals surface area contributed by atoms with Crippen LogP contribution < -0.4 is 15.4 Å². The average molecular weight is 448 g/mol. The van der Waals surface area contributed by atoms with Crippen molar-refractivity contribution >= 4 is 21.8 Å². The number of ether oxygens (including phenoxy) is 1. The van der Waals surface area contributed by atoms with E-state index in [1.54, 1.807) is 21.0 Å². The van der Waals surface area contributed by atoms with E-state index in [-0.39, 0.29) is 29.0 Å². The Morgan fingerprint density at radius 2 is 1.65 bits per heavy atom. The van der Waals surface area contributed by atoms with Gasteiger partial charge in [0.25, 0.3) is 5.91 Å². The Hall–Kier alpha value is -2.91. The van der Waals surface area contributed by atoms with Crippen LogP contribution in [0.25, 0.3) is 0 Å². The van der Waals surface area contributed by atoms with E-state index in [0.29, 0.717) is 18.8 Å². The molecule has 0 fully saturated rings. The zero-order valence-corrected chi connectivity index (χ0v) is 19.0. The van der Waals surface area contributed by atoms with Gasteiger partial charge in [0.15, 0.2) is 0 Å². The standard InChI is InChI=1S/C22H29N3O5S/c1-5-25(6-2)31(28,29)18-13-11-17(12-14-18)22(27)23-15-21(26)24-16(3)19-9-7-8-10-20(19)30-4/h7-14,16H,5-6,15H2,1-4H3,(H,23,27)(H,24,26)/t16-/m0/s1. The molecule has 1 atom stereocenters. The Morgan fingerprint density at radius 1 is 1.03 bits per heavy atom. The fourth-order valence-electron chi connectivity index (χ4n) is 3.15.